The van der Waals surface area contributed by atoms with Gasteiger partial charge < -0.3 is 10.5 Å². The van der Waals surface area contributed by atoms with Crippen molar-refractivity contribution < 1.29 is 4.74 Å². The zero-order valence-electron chi connectivity index (χ0n) is 12.0. The fourth-order valence-corrected chi connectivity index (χ4v) is 6.04. The minimum Gasteiger partial charge on any atom is -0.375 e. The number of halogens is 2. The van der Waals surface area contributed by atoms with Crippen molar-refractivity contribution in [1.82, 2.24) is 0 Å². The summed E-state index contributed by atoms with van der Waals surface area (Å²) in [7, 11) is 0. The van der Waals surface area contributed by atoms with Gasteiger partial charge in [0.15, 0.2) is 0 Å². The lowest BCUT2D eigenvalue weighted by Crippen LogP contribution is -2.45. The molecule has 2 atom stereocenters. The van der Waals surface area contributed by atoms with E-state index in [1.165, 1.54) is 29.9 Å². The van der Waals surface area contributed by atoms with Gasteiger partial charge >= 0.3 is 0 Å². The Morgan fingerprint density at radius 1 is 1.29 bits per heavy atom. The van der Waals surface area contributed by atoms with E-state index < -0.39 is 0 Å². The molecule has 3 rings (SSSR count). The summed E-state index contributed by atoms with van der Waals surface area (Å²) in [6.07, 6.45) is 4.54. The predicted octanol–water partition coefficient (Wildman–Crippen LogP) is 4.90. The second-order valence-corrected chi connectivity index (χ2v) is 9.08. The Morgan fingerprint density at radius 2 is 2.05 bits per heavy atom. The minimum absolute atomic E-state index is 0.0860. The highest BCUT2D eigenvalue weighted by Crippen LogP contribution is 2.43. The number of benzene rings is 1. The minimum atomic E-state index is 0.0860. The molecule has 1 aromatic carbocycles. The van der Waals surface area contributed by atoms with Crippen LogP contribution in [0.2, 0.25) is 0 Å². The Labute approximate surface area is 147 Å². The van der Waals surface area contributed by atoms with E-state index >= 15 is 0 Å². The molecule has 2 N–H and O–H groups in total. The van der Waals surface area contributed by atoms with Gasteiger partial charge in [-0.1, -0.05) is 37.9 Å². The molecule has 2 nitrogen and oxygen atoms in total. The highest BCUT2D eigenvalue weighted by molar-refractivity contribution is 9.11. The number of ether oxygens (including phenoxy) is 1. The molecule has 1 spiro atoms. The monoisotopic (exact) mass is 433 g/mol. The summed E-state index contributed by atoms with van der Waals surface area (Å²) in [6, 6.07) is 6.38. The fraction of sp³-hybridized carbons (Fsp3) is 0.625. The largest absolute Gasteiger partial charge is 0.375 e. The number of rotatable bonds is 2. The van der Waals surface area contributed by atoms with Gasteiger partial charge in [-0.2, -0.15) is 11.8 Å². The summed E-state index contributed by atoms with van der Waals surface area (Å²) < 4.78 is 8.37. The van der Waals surface area contributed by atoms with Crippen LogP contribution in [0.25, 0.3) is 0 Å². The van der Waals surface area contributed by atoms with Gasteiger partial charge in [-0.15, -0.1) is 0 Å². The average Bonchev–Trinajstić information content (AvgIpc) is 2.47. The lowest BCUT2D eigenvalue weighted by Gasteiger charge is -2.45. The van der Waals surface area contributed by atoms with Crippen molar-refractivity contribution >= 4 is 43.6 Å². The molecule has 0 radical (unpaired) electrons. The van der Waals surface area contributed by atoms with E-state index in [0.717, 1.165) is 28.4 Å². The molecule has 1 aromatic rings. The Morgan fingerprint density at radius 3 is 2.76 bits per heavy atom. The lowest BCUT2D eigenvalue weighted by atomic mass is 9.77. The maximum absolute atomic E-state index is 6.60. The molecule has 0 saturated carbocycles. The zero-order valence-corrected chi connectivity index (χ0v) is 16.0. The van der Waals surface area contributed by atoms with Crippen LogP contribution in [0.1, 0.15) is 37.3 Å². The van der Waals surface area contributed by atoms with Gasteiger partial charge in [0.25, 0.3) is 0 Å². The second kappa shape index (κ2) is 6.91. The Bertz CT molecular complexity index is 500. The van der Waals surface area contributed by atoms with Gasteiger partial charge in [-0.05, 0) is 60.8 Å². The van der Waals surface area contributed by atoms with Gasteiger partial charge in [0, 0.05) is 21.6 Å². The number of nitrogens with two attached hydrogens (primary N) is 1. The van der Waals surface area contributed by atoms with E-state index in [4.69, 9.17) is 10.5 Å². The molecule has 2 aliphatic rings. The summed E-state index contributed by atoms with van der Waals surface area (Å²) in [5.41, 5.74) is 7.92. The summed E-state index contributed by atoms with van der Waals surface area (Å²) in [5, 5.41) is 0. The highest BCUT2D eigenvalue weighted by Gasteiger charge is 2.40. The maximum atomic E-state index is 6.60. The first-order valence-electron chi connectivity index (χ1n) is 7.52. The highest BCUT2D eigenvalue weighted by atomic mass is 79.9. The van der Waals surface area contributed by atoms with Crippen molar-refractivity contribution in [3.8, 4) is 0 Å². The van der Waals surface area contributed by atoms with E-state index in [2.05, 4.69) is 50.1 Å². The molecule has 0 aromatic heterocycles. The average molecular weight is 435 g/mol. The van der Waals surface area contributed by atoms with E-state index in [0.29, 0.717) is 5.92 Å². The SMILES string of the molecule is NC(c1ccc(Br)cc1Br)C1CCOC2(CCSCC2)C1. The van der Waals surface area contributed by atoms with Crippen LogP contribution < -0.4 is 5.73 Å². The fourth-order valence-electron chi connectivity index (χ4n) is 3.49. The van der Waals surface area contributed by atoms with Crippen molar-refractivity contribution in [3.05, 3.63) is 32.7 Å². The number of hydrogen-bond donors (Lipinski definition) is 1. The van der Waals surface area contributed by atoms with Crippen molar-refractivity contribution in [2.75, 3.05) is 18.1 Å². The molecule has 5 heteroatoms. The van der Waals surface area contributed by atoms with E-state index in [-0.39, 0.29) is 11.6 Å². The molecule has 0 amide bonds. The third-order valence-corrected chi connectivity index (χ3v) is 6.93. The number of thioether (sulfide) groups is 1. The van der Waals surface area contributed by atoms with Gasteiger partial charge in [0.05, 0.1) is 5.60 Å². The molecule has 2 fully saturated rings. The summed E-state index contributed by atoms with van der Waals surface area (Å²) in [5.74, 6) is 2.97. The van der Waals surface area contributed by atoms with Gasteiger partial charge in [0.1, 0.15) is 0 Å². The van der Waals surface area contributed by atoms with Crippen LogP contribution in [0.4, 0.5) is 0 Å². The Kier molecular flexibility index (Phi) is 5.37. The first-order valence-corrected chi connectivity index (χ1v) is 10.3. The Balaban J connectivity index is 1.76. The summed E-state index contributed by atoms with van der Waals surface area (Å²) >= 11 is 9.21. The van der Waals surface area contributed by atoms with Crippen LogP contribution in [-0.2, 0) is 4.74 Å². The van der Waals surface area contributed by atoms with Crippen molar-refractivity contribution in [2.45, 2.75) is 37.3 Å². The normalized spacial score (nSPS) is 26.7. The maximum Gasteiger partial charge on any atom is 0.0701 e. The van der Waals surface area contributed by atoms with E-state index in [9.17, 15) is 0 Å². The van der Waals surface area contributed by atoms with Crippen LogP contribution in [0.15, 0.2) is 27.1 Å². The van der Waals surface area contributed by atoms with Gasteiger partial charge in [-0.25, -0.2) is 0 Å². The van der Waals surface area contributed by atoms with Crippen molar-refractivity contribution in [1.29, 1.82) is 0 Å². The summed E-state index contributed by atoms with van der Waals surface area (Å²) in [6.45, 7) is 0.858. The first kappa shape index (κ1) is 16.3. The predicted molar refractivity (Wildman–Crippen MR) is 96.7 cm³/mol. The zero-order chi connectivity index (χ0) is 14.9. The van der Waals surface area contributed by atoms with Crippen LogP contribution in [0, 0.1) is 5.92 Å². The molecule has 21 heavy (non-hydrogen) atoms. The van der Waals surface area contributed by atoms with Crippen LogP contribution in [0.3, 0.4) is 0 Å². The second-order valence-electron chi connectivity index (χ2n) is 6.09. The van der Waals surface area contributed by atoms with Crippen molar-refractivity contribution in [3.63, 3.8) is 0 Å². The molecule has 0 aliphatic carbocycles. The van der Waals surface area contributed by atoms with Crippen LogP contribution in [0.5, 0.6) is 0 Å². The molecule has 116 valence electrons. The molecule has 2 heterocycles. The standard InChI is InChI=1S/C16H21Br2NOS/c17-12-1-2-13(14(18)9-12)15(19)11-3-6-20-16(10-11)4-7-21-8-5-16/h1-2,9,11,15H,3-8,10,19H2. The molecular weight excluding hydrogens is 414 g/mol. The molecule has 2 unspecified atom stereocenters. The lowest BCUT2D eigenvalue weighted by molar-refractivity contribution is -0.105. The number of hydrogen-bond acceptors (Lipinski definition) is 3. The molecule has 2 saturated heterocycles. The van der Waals surface area contributed by atoms with Crippen LogP contribution >= 0.6 is 43.6 Å². The third kappa shape index (κ3) is 3.69. The van der Waals surface area contributed by atoms with E-state index in [1.807, 2.05) is 11.8 Å². The third-order valence-electron chi connectivity index (χ3n) is 4.76. The molecule has 0 bridgehead atoms. The Hall–Kier alpha value is 0.450. The quantitative estimate of drug-likeness (QED) is 0.718. The summed E-state index contributed by atoms with van der Waals surface area (Å²) in [4.78, 5) is 0. The van der Waals surface area contributed by atoms with Gasteiger partial charge in [-0.3, -0.25) is 0 Å². The first-order chi connectivity index (χ1) is 10.1. The topological polar surface area (TPSA) is 35.2 Å². The molecular formula is C16H21Br2NOS. The smallest absolute Gasteiger partial charge is 0.0701 e. The van der Waals surface area contributed by atoms with Crippen LogP contribution in [-0.4, -0.2) is 23.7 Å². The van der Waals surface area contributed by atoms with Gasteiger partial charge in [0.2, 0.25) is 0 Å². The van der Waals surface area contributed by atoms with Crippen molar-refractivity contribution in [2.24, 2.45) is 11.7 Å². The van der Waals surface area contributed by atoms with E-state index in [1.54, 1.807) is 0 Å². The molecule has 2 aliphatic heterocycles.